The van der Waals surface area contributed by atoms with Crippen LogP contribution in [-0.2, 0) is 4.74 Å². The highest BCUT2D eigenvalue weighted by Crippen LogP contribution is 2.33. The zero-order chi connectivity index (χ0) is 11.5. The van der Waals surface area contributed by atoms with Crippen LogP contribution in [0.4, 0.5) is 0 Å². The van der Waals surface area contributed by atoms with Gasteiger partial charge < -0.3 is 14.6 Å². The molecule has 1 N–H and O–H groups in total. The fourth-order valence-corrected chi connectivity index (χ4v) is 2.07. The smallest absolute Gasteiger partial charge is 0.143 e. The lowest BCUT2D eigenvalue weighted by Crippen LogP contribution is -2.24. The number of aliphatic hydroxyl groups excluding tert-OH is 1. The van der Waals surface area contributed by atoms with E-state index in [-0.39, 0.29) is 6.10 Å². The maximum atomic E-state index is 10.2. The summed E-state index contributed by atoms with van der Waals surface area (Å²) in [6, 6.07) is 3.58. The highest BCUT2D eigenvalue weighted by atomic mass is 16.5. The molecule has 0 aromatic carbocycles. The molecular weight excluding hydrogens is 206 g/mol. The third-order valence-corrected chi connectivity index (χ3v) is 3.06. The predicted octanol–water partition coefficient (Wildman–Crippen LogP) is 1.55. The van der Waals surface area contributed by atoms with E-state index in [9.17, 15) is 5.11 Å². The number of aromatic nitrogens is 1. The minimum atomic E-state index is -0.714. The van der Waals surface area contributed by atoms with Crippen LogP contribution in [0.15, 0.2) is 18.3 Å². The molecule has 2 heterocycles. The lowest BCUT2D eigenvalue weighted by molar-refractivity contribution is -0.0208. The van der Waals surface area contributed by atoms with Crippen LogP contribution in [0.3, 0.4) is 0 Å². The van der Waals surface area contributed by atoms with Gasteiger partial charge in [0.25, 0.3) is 0 Å². The van der Waals surface area contributed by atoms with E-state index in [1.165, 1.54) is 0 Å². The van der Waals surface area contributed by atoms with Gasteiger partial charge in [0.15, 0.2) is 0 Å². The quantitative estimate of drug-likeness (QED) is 0.844. The van der Waals surface area contributed by atoms with Gasteiger partial charge in [-0.3, -0.25) is 4.98 Å². The molecule has 3 unspecified atom stereocenters. The molecule has 2 rings (SSSR count). The summed E-state index contributed by atoms with van der Waals surface area (Å²) in [6.07, 6.45) is 1.75. The first kappa shape index (κ1) is 11.4. The van der Waals surface area contributed by atoms with E-state index >= 15 is 0 Å². The van der Waals surface area contributed by atoms with Crippen molar-refractivity contribution in [1.82, 2.24) is 4.98 Å². The topological polar surface area (TPSA) is 51.6 Å². The first-order chi connectivity index (χ1) is 7.74. The minimum absolute atomic E-state index is 0.177. The summed E-state index contributed by atoms with van der Waals surface area (Å²) in [5.41, 5.74) is 0.559. The van der Waals surface area contributed by atoms with E-state index in [2.05, 4.69) is 11.9 Å². The lowest BCUT2D eigenvalue weighted by atomic mass is 9.97. The Labute approximate surface area is 95.2 Å². The first-order valence-corrected chi connectivity index (χ1v) is 5.52. The SMILES string of the molecule is COc1cccnc1C(O)C1OCCC1C. The molecule has 1 saturated heterocycles. The molecule has 0 radical (unpaired) electrons. The number of methoxy groups -OCH3 is 1. The van der Waals surface area contributed by atoms with E-state index in [1.54, 1.807) is 25.4 Å². The Morgan fingerprint density at radius 2 is 2.44 bits per heavy atom. The van der Waals surface area contributed by atoms with E-state index in [1.807, 2.05) is 0 Å². The van der Waals surface area contributed by atoms with Crippen molar-refractivity contribution in [2.75, 3.05) is 13.7 Å². The lowest BCUT2D eigenvalue weighted by Gasteiger charge is -2.22. The number of hydrogen-bond donors (Lipinski definition) is 1. The molecule has 1 aliphatic heterocycles. The van der Waals surface area contributed by atoms with Crippen molar-refractivity contribution in [3.05, 3.63) is 24.0 Å². The van der Waals surface area contributed by atoms with Crippen molar-refractivity contribution >= 4 is 0 Å². The number of hydrogen-bond acceptors (Lipinski definition) is 4. The van der Waals surface area contributed by atoms with Gasteiger partial charge in [-0.2, -0.15) is 0 Å². The molecule has 16 heavy (non-hydrogen) atoms. The second kappa shape index (κ2) is 4.80. The number of pyridine rings is 1. The molecular formula is C12H17NO3. The molecule has 1 fully saturated rings. The van der Waals surface area contributed by atoms with E-state index in [4.69, 9.17) is 9.47 Å². The number of aliphatic hydroxyl groups is 1. The fourth-order valence-electron chi connectivity index (χ4n) is 2.07. The Hall–Kier alpha value is -1.13. The molecule has 88 valence electrons. The van der Waals surface area contributed by atoms with Gasteiger partial charge in [-0.15, -0.1) is 0 Å². The maximum Gasteiger partial charge on any atom is 0.143 e. The van der Waals surface area contributed by atoms with Crippen LogP contribution in [0, 0.1) is 5.92 Å². The van der Waals surface area contributed by atoms with Crippen LogP contribution in [0.5, 0.6) is 5.75 Å². The third-order valence-electron chi connectivity index (χ3n) is 3.06. The second-order valence-corrected chi connectivity index (χ2v) is 4.14. The number of rotatable bonds is 3. The molecule has 1 aliphatic rings. The van der Waals surface area contributed by atoms with Gasteiger partial charge >= 0.3 is 0 Å². The van der Waals surface area contributed by atoms with Crippen LogP contribution in [0.2, 0.25) is 0 Å². The summed E-state index contributed by atoms with van der Waals surface area (Å²) in [5, 5.41) is 10.2. The first-order valence-electron chi connectivity index (χ1n) is 5.52. The fraction of sp³-hybridized carbons (Fsp3) is 0.583. The van der Waals surface area contributed by atoms with Crippen LogP contribution in [0.1, 0.15) is 25.1 Å². The second-order valence-electron chi connectivity index (χ2n) is 4.14. The average molecular weight is 223 g/mol. The Morgan fingerprint density at radius 1 is 1.62 bits per heavy atom. The van der Waals surface area contributed by atoms with Crippen molar-refractivity contribution in [2.45, 2.75) is 25.6 Å². The van der Waals surface area contributed by atoms with Gasteiger partial charge in [-0.25, -0.2) is 0 Å². The van der Waals surface area contributed by atoms with Gasteiger partial charge in [0.1, 0.15) is 17.5 Å². The Morgan fingerprint density at radius 3 is 3.06 bits per heavy atom. The van der Waals surface area contributed by atoms with Gasteiger partial charge in [0.05, 0.1) is 13.2 Å². The molecule has 3 atom stereocenters. The largest absolute Gasteiger partial charge is 0.495 e. The molecule has 1 aromatic rings. The van der Waals surface area contributed by atoms with Crippen molar-refractivity contribution in [3.63, 3.8) is 0 Å². The van der Waals surface area contributed by atoms with Crippen molar-refractivity contribution in [1.29, 1.82) is 0 Å². The van der Waals surface area contributed by atoms with Crippen LogP contribution in [-0.4, -0.2) is 29.9 Å². The maximum absolute atomic E-state index is 10.2. The van der Waals surface area contributed by atoms with Gasteiger partial charge in [0.2, 0.25) is 0 Å². The monoisotopic (exact) mass is 223 g/mol. The number of ether oxygens (including phenoxy) is 2. The summed E-state index contributed by atoms with van der Waals surface area (Å²) in [6.45, 7) is 2.79. The molecule has 4 heteroatoms. The predicted molar refractivity (Wildman–Crippen MR) is 59.3 cm³/mol. The van der Waals surface area contributed by atoms with E-state index in [0.717, 1.165) is 6.42 Å². The van der Waals surface area contributed by atoms with E-state index < -0.39 is 6.10 Å². The molecule has 0 saturated carbocycles. The van der Waals surface area contributed by atoms with Crippen LogP contribution < -0.4 is 4.74 Å². The zero-order valence-corrected chi connectivity index (χ0v) is 9.59. The number of nitrogens with zero attached hydrogens (tertiary/aromatic N) is 1. The normalized spacial score (nSPS) is 26.7. The van der Waals surface area contributed by atoms with Crippen molar-refractivity contribution in [3.8, 4) is 5.75 Å². The molecule has 0 amide bonds. The molecule has 1 aromatic heterocycles. The summed E-state index contributed by atoms with van der Waals surface area (Å²) < 4.78 is 10.7. The summed E-state index contributed by atoms with van der Waals surface area (Å²) >= 11 is 0. The highest BCUT2D eigenvalue weighted by Gasteiger charge is 2.33. The Balaban J connectivity index is 2.22. The van der Waals surface area contributed by atoms with Gasteiger partial charge in [-0.1, -0.05) is 6.92 Å². The Bertz CT molecular complexity index is 356. The molecule has 0 aliphatic carbocycles. The zero-order valence-electron chi connectivity index (χ0n) is 9.59. The van der Waals surface area contributed by atoms with Crippen LogP contribution in [0.25, 0.3) is 0 Å². The van der Waals surface area contributed by atoms with Gasteiger partial charge in [0, 0.05) is 12.8 Å². The summed E-state index contributed by atoms with van der Waals surface area (Å²) in [7, 11) is 1.58. The Kier molecular flexibility index (Phi) is 3.41. The van der Waals surface area contributed by atoms with E-state index in [0.29, 0.717) is 24.0 Å². The van der Waals surface area contributed by atoms with Crippen LogP contribution >= 0.6 is 0 Å². The summed E-state index contributed by atoms with van der Waals surface area (Å²) in [5.74, 6) is 0.958. The van der Waals surface area contributed by atoms with Gasteiger partial charge in [-0.05, 0) is 24.5 Å². The van der Waals surface area contributed by atoms with Crippen molar-refractivity contribution < 1.29 is 14.6 Å². The minimum Gasteiger partial charge on any atom is -0.495 e. The molecule has 4 nitrogen and oxygen atoms in total. The standard InChI is InChI=1S/C12H17NO3/c1-8-5-7-16-12(8)11(14)10-9(15-2)4-3-6-13-10/h3-4,6,8,11-12,14H,5,7H2,1-2H3. The van der Waals surface area contributed by atoms with Crippen molar-refractivity contribution in [2.24, 2.45) is 5.92 Å². The highest BCUT2D eigenvalue weighted by molar-refractivity contribution is 5.29. The molecule has 0 spiro atoms. The summed E-state index contributed by atoms with van der Waals surface area (Å²) in [4.78, 5) is 4.17. The average Bonchev–Trinajstić information content (AvgIpc) is 2.74. The molecule has 0 bridgehead atoms. The third kappa shape index (κ3) is 2.03.